The van der Waals surface area contributed by atoms with Crippen LogP contribution in [0.4, 0.5) is 0 Å². The molecule has 1 N–H and O–H groups in total. The molecule has 2 aromatic carbocycles. The number of benzene rings is 2. The number of ether oxygens (including phenoxy) is 1. The molecule has 5 heteroatoms. The van der Waals surface area contributed by atoms with E-state index >= 15 is 0 Å². The average Bonchev–Trinajstić information content (AvgIpc) is 2.89. The third-order valence-electron chi connectivity index (χ3n) is 3.27. The van der Waals surface area contributed by atoms with Crippen molar-refractivity contribution < 1.29 is 14.3 Å². The first-order valence-corrected chi connectivity index (χ1v) is 7.32. The fourth-order valence-electron chi connectivity index (χ4n) is 2.18. The molecule has 0 fully saturated rings. The number of aliphatic hydroxyl groups is 1. The lowest BCUT2D eigenvalue weighted by Crippen LogP contribution is -2.02. The fraction of sp³-hybridized carbons (Fsp3) is 0.188. The smallest absolute Gasteiger partial charge is 0.198 e. The van der Waals surface area contributed by atoms with E-state index in [1.165, 1.54) is 0 Å². The zero-order chi connectivity index (χ0) is 14.8. The van der Waals surface area contributed by atoms with Crippen LogP contribution in [0.25, 0.3) is 11.1 Å². The minimum Gasteiger partial charge on any atom is -0.496 e. The van der Waals surface area contributed by atoms with Crippen molar-refractivity contribution in [3.8, 4) is 5.75 Å². The summed E-state index contributed by atoms with van der Waals surface area (Å²) in [5.41, 5.74) is 2.32. The van der Waals surface area contributed by atoms with E-state index in [0.717, 1.165) is 26.9 Å². The number of para-hydroxylation sites is 2. The lowest BCUT2D eigenvalue weighted by molar-refractivity contribution is 0.169. The van der Waals surface area contributed by atoms with E-state index in [0.29, 0.717) is 12.3 Å². The van der Waals surface area contributed by atoms with Gasteiger partial charge in [-0.1, -0.05) is 18.2 Å². The Morgan fingerprint density at radius 3 is 2.81 bits per heavy atom. The predicted molar refractivity (Wildman–Crippen MR) is 83.4 cm³/mol. The van der Waals surface area contributed by atoms with Crippen molar-refractivity contribution in [3.63, 3.8) is 0 Å². The van der Waals surface area contributed by atoms with Gasteiger partial charge in [-0.25, -0.2) is 4.98 Å². The summed E-state index contributed by atoms with van der Waals surface area (Å²) in [5, 5.41) is 10.3. The number of hydrogen-bond donors (Lipinski definition) is 1. The van der Waals surface area contributed by atoms with E-state index in [2.05, 4.69) is 20.9 Å². The molecule has 3 rings (SSSR count). The molecule has 0 spiro atoms. The molecule has 4 nitrogen and oxygen atoms in total. The molecule has 0 radical (unpaired) electrons. The highest BCUT2D eigenvalue weighted by atomic mass is 79.9. The Hall–Kier alpha value is -1.85. The number of oxazole rings is 1. The first-order valence-electron chi connectivity index (χ1n) is 6.53. The summed E-state index contributed by atoms with van der Waals surface area (Å²) in [4.78, 5) is 4.37. The van der Waals surface area contributed by atoms with Gasteiger partial charge in [-0.05, 0) is 45.8 Å². The third-order valence-corrected chi connectivity index (χ3v) is 3.89. The molecule has 0 amide bonds. The second kappa shape index (κ2) is 5.87. The number of aromatic nitrogens is 1. The normalized spacial score (nSPS) is 12.5. The summed E-state index contributed by atoms with van der Waals surface area (Å²) in [6.07, 6.45) is -0.353. The summed E-state index contributed by atoms with van der Waals surface area (Å²) >= 11 is 3.41. The maximum absolute atomic E-state index is 10.3. The van der Waals surface area contributed by atoms with Crippen molar-refractivity contribution in [2.45, 2.75) is 12.5 Å². The molecule has 0 saturated carbocycles. The summed E-state index contributed by atoms with van der Waals surface area (Å²) in [6, 6.07) is 13.0. The van der Waals surface area contributed by atoms with Crippen LogP contribution in [0.5, 0.6) is 5.75 Å². The van der Waals surface area contributed by atoms with Crippen LogP contribution in [-0.2, 0) is 6.42 Å². The third kappa shape index (κ3) is 2.94. The van der Waals surface area contributed by atoms with Gasteiger partial charge < -0.3 is 14.3 Å². The summed E-state index contributed by atoms with van der Waals surface area (Å²) in [5.74, 6) is 1.25. The van der Waals surface area contributed by atoms with Crippen LogP contribution in [0, 0.1) is 0 Å². The number of halogens is 1. The quantitative estimate of drug-likeness (QED) is 0.778. The van der Waals surface area contributed by atoms with Crippen LogP contribution in [0.15, 0.2) is 51.4 Å². The fourth-order valence-corrected chi connectivity index (χ4v) is 2.74. The number of rotatable bonds is 4. The molecule has 0 aliphatic rings. The number of fused-ring (bicyclic) bond motifs is 1. The van der Waals surface area contributed by atoms with Crippen LogP contribution >= 0.6 is 15.9 Å². The molecule has 0 aliphatic heterocycles. The lowest BCUT2D eigenvalue weighted by atomic mass is 10.1. The Kier molecular flexibility index (Phi) is 3.94. The van der Waals surface area contributed by atoms with Gasteiger partial charge in [0.15, 0.2) is 11.5 Å². The highest BCUT2D eigenvalue weighted by molar-refractivity contribution is 9.10. The molecule has 0 saturated heterocycles. The Morgan fingerprint density at radius 2 is 2.10 bits per heavy atom. The van der Waals surface area contributed by atoms with Gasteiger partial charge >= 0.3 is 0 Å². The maximum Gasteiger partial charge on any atom is 0.198 e. The molecule has 1 heterocycles. The van der Waals surface area contributed by atoms with Crippen molar-refractivity contribution in [2.24, 2.45) is 0 Å². The molecular weight excluding hydrogens is 334 g/mol. The van der Waals surface area contributed by atoms with Crippen molar-refractivity contribution in [3.05, 3.63) is 58.4 Å². The van der Waals surface area contributed by atoms with Crippen LogP contribution in [0.3, 0.4) is 0 Å². The average molecular weight is 348 g/mol. The van der Waals surface area contributed by atoms with Gasteiger partial charge in [0.05, 0.1) is 24.1 Å². The largest absolute Gasteiger partial charge is 0.496 e. The van der Waals surface area contributed by atoms with Gasteiger partial charge in [0.2, 0.25) is 0 Å². The predicted octanol–water partition coefficient (Wildman–Crippen LogP) is 3.88. The summed E-state index contributed by atoms with van der Waals surface area (Å²) < 4.78 is 11.6. The molecule has 1 aromatic heterocycles. The Balaban J connectivity index is 1.82. The van der Waals surface area contributed by atoms with Gasteiger partial charge in [0.1, 0.15) is 11.3 Å². The van der Waals surface area contributed by atoms with Crippen LogP contribution in [0.2, 0.25) is 0 Å². The van der Waals surface area contributed by atoms with Gasteiger partial charge in [0.25, 0.3) is 0 Å². The number of hydrogen-bond acceptors (Lipinski definition) is 4. The molecule has 1 atom stereocenters. The summed E-state index contributed by atoms with van der Waals surface area (Å²) in [7, 11) is 1.61. The van der Waals surface area contributed by atoms with E-state index < -0.39 is 6.10 Å². The van der Waals surface area contributed by atoms with Crippen molar-refractivity contribution in [1.29, 1.82) is 0 Å². The highest BCUT2D eigenvalue weighted by Gasteiger charge is 2.15. The maximum atomic E-state index is 10.3. The standard InChI is InChI=1S/C16H14BrNO3/c1-20-14-7-6-10(8-11(14)17)13(19)9-16-18-12-4-2-3-5-15(12)21-16/h2-8,13,19H,9H2,1H3. The van der Waals surface area contributed by atoms with Gasteiger partial charge in [0, 0.05) is 0 Å². The van der Waals surface area contributed by atoms with Gasteiger partial charge in [-0.3, -0.25) is 0 Å². The molecular formula is C16H14BrNO3. The van der Waals surface area contributed by atoms with Crippen molar-refractivity contribution in [2.75, 3.05) is 7.11 Å². The Labute approximate surface area is 130 Å². The van der Waals surface area contributed by atoms with Crippen molar-refractivity contribution >= 4 is 27.0 Å². The van der Waals surface area contributed by atoms with E-state index in [1.54, 1.807) is 7.11 Å². The molecule has 3 aromatic rings. The zero-order valence-electron chi connectivity index (χ0n) is 11.4. The van der Waals surface area contributed by atoms with Gasteiger partial charge in [-0.2, -0.15) is 0 Å². The van der Waals surface area contributed by atoms with E-state index in [-0.39, 0.29) is 0 Å². The number of nitrogens with zero attached hydrogens (tertiary/aromatic N) is 1. The topological polar surface area (TPSA) is 55.5 Å². The van der Waals surface area contributed by atoms with Crippen molar-refractivity contribution in [1.82, 2.24) is 4.98 Å². The SMILES string of the molecule is COc1ccc(C(O)Cc2nc3ccccc3o2)cc1Br. The van der Waals surface area contributed by atoms with E-state index in [1.807, 2.05) is 42.5 Å². The van der Waals surface area contributed by atoms with Crippen LogP contribution < -0.4 is 4.74 Å². The minimum absolute atomic E-state index is 0.327. The number of methoxy groups -OCH3 is 1. The second-order valence-electron chi connectivity index (χ2n) is 4.69. The number of aliphatic hydroxyl groups excluding tert-OH is 1. The monoisotopic (exact) mass is 347 g/mol. The molecule has 0 aliphatic carbocycles. The second-order valence-corrected chi connectivity index (χ2v) is 5.54. The highest BCUT2D eigenvalue weighted by Crippen LogP contribution is 2.29. The molecule has 1 unspecified atom stereocenters. The molecule has 21 heavy (non-hydrogen) atoms. The van der Waals surface area contributed by atoms with Crippen LogP contribution in [0.1, 0.15) is 17.6 Å². The first-order chi connectivity index (χ1) is 10.2. The zero-order valence-corrected chi connectivity index (χ0v) is 13.0. The van der Waals surface area contributed by atoms with E-state index in [9.17, 15) is 5.11 Å². The molecule has 108 valence electrons. The van der Waals surface area contributed by atoms with E-state index in [4.69, 9.17) is 9.15 Å². The van der Waals surface area contributed by atoms with Gasteiger partial charge in [-0.15, -0.1) is 0 Å². The Morgan fingerprint density at radius 1 is 1.29 bits per heavy atom. The van der Waals surface area contributed by atoms with Crippen LogP contribution in [-0.4, -0.2) is 17.2 Å². The first kappa shape index (κ1) is 14.1. The minimum atomic E-state index is -0.680. The molecule has 0 bridgehead atoms. The Bertz CT molecular complexity index is 736. The summed E-state index contributed by atoms with van der Waals surface area (Å²) in [6.45, 7) is 0. The lowest BCUT2D eigenvalue weighted by Gasteiger charge is -2.11.